The molecule has 1 rings (SSSR count). The normalized spacial score (nSPS) is 10.7. The summed E-state index contributed by atoms with van der Waals surface area (Å²) in [4.78, 5) is 11.2. The maximum atomic E-state index is 12.0. The third-order valence-electron chi connectivity index (χ3n) is 2.38. The first kappa shape index (κ1) is 15.8. The molecular formula is C11H16N4O4S. The molecule has 0 saturated heterocycles. The smallest absolute Gasteiger partial charge is 0.422 e. The zero-order chi connectivity index (χ0) is 15.3. The third kappa shape index (κ3) is 3.60. The summed E-state index contributed by atoms with van der Waals surface area (Å²) in [5.74, 6) is -0.279. The van der Waals surface area contributed by atoms with E-state index in [9.17, 15) is 13.2 Å². The Morgan fingerprint density at radius 3 is 2.60 bits per heavy atom. The van der Waals surface area contributed by atoms with Crippen LogP contribution in [0.15, 0.2) is 24.3 Å². The van der Waals surface area contributed by atoms with E-state index in [1.807, 2.05) is 0 Å². The number of rotatable bonds is 5. The van der Waals surface area contributed by atoms with E-state index in [0.29, 0.717) is 0 Å². The average Bonchev–Trinajstić information content (AvgIpc) is 2.37. The lowest BCUT2D eigenvalue weighted by Gasteiger charge is -2.21. The van der Waals surface area contributed by atoms with Gasteiger partial charge in [0.1, 0.15) is 5.84 Å². The van der Waals surface area contributed by atoms with Crippen molar-refractivity contribution in [3.05, 3.63) is 29.8 Å². The molecule has 8 nitrogen and oxygen atoms in total. The van der Waals surface area contributed by atoms with Crippen LogP contribution < -0.4 is 14.8 Å². The van der Waals surface area contributed by atoms with Crippen LogP contribution in [-0.2, 0) is 14.9 Å². The van der Waals surface area contributed by atoms with E-state index in [0.717, 1.165) is 4.31 Å². The molecule has 110 valence electrons. The zero-order valence-corrected chi connectivity index (χ0v) is 11.9. The van der Waals surface area contributed by atoms with Crippen molar-refractivity contribution in [2.45, 2.75) is 6.92 Å². The number of ether oxygens (including phenoxy) is 1. The van der Waals surface area contributed by atoms with Crippen LogP contribution in [0.5, 0.6) is 0 Å². The van der Waals surface area contributed by atoms with Crippen LogP contribution in [0, 0.1) is 5.41 Å². The highest BCUT2D eigenvalue weighted by molar-refractivity contribution is 7.91. The summed E-state index contributed by atoms with van der Waals surface area (Å²) in [6.45, 7) is 1.61. The summed E-state index contributed by atoms with van der Waals surface area (Å²) in [6, 6.07) is 6.20. The van der Waals surface area contributed by atoms with E-state index in [-0.39, 0.29) is 23.7 Å². The lowest BCUT2D eigenvalue weighted by Crippen LogP contribution is -2.42. The number of amides is 1. The molecule has 0 unspecified atom stereocenters. The second kappa shape index (κ2) is 6.24. The molecule has 4 N–H and O–H groups in total. The predicted molar refractivity (Wildman–Crippen MR) is 74.9 cm³/mol. The lowest BCUT2D eigenvalue weighted by molar-refractivity contribution is 0.158. The Hall–Kier alpha value is -2.29. The topological polar surface area (TPSA) is 126 Å². The van der Waals surface area contributed by atoms with Crippen molar-refractivity contribution in [2.75, 3.05) is 18.0 Å². The molecule has 20 heavy (non-hydrogen) atoms. The summed E-state index contributed by atoms with van der Waals surface area (Å²) < 4.78 is 31.1. The van der Waals surface area contributed by atoms with Gasteiger partial charge in [-0.3, -0.25) is 9.71 Å². The number of hydrogen-bond donors (Lipinski definition) is 3. The van der Waals surface area contributed by atoms with Gasteiger partial charge in [0, 0.05) is 12.6 Å². The number of nitrogens with zero attached hydrogens (tertiary/aromatic N) is 1. The fourth-order valence-corrected chi connectivity index (χ4v) is 2.26. The summed E-state index contributed by atoms with van der Waals surface area (Å²) in [6.07, 6.45) is -1.07. The molecule has 0 aliphatic heterocycles. The van der Waals surface area contributed by atoms with Crippen molar-refractivity contribution in [3.63, 3.8) is 0 Å². The van der Waals surface area contributed by atoms with Gasteiger partial charge in [-0.05, 0) is 19.1 Å². The monoisotopic (exact) mass is 300 g/mol. The van der Waals surface area contributed by atoms with Gasteiger partial charge in [0.2, 0.25) is 0 Å². The Morgan fingerprint density at radius 2 is 2.05 bits per heavy atom. The molecule has 0 aliphatic carbocycles. The molecule has 0 heterocycles. The fraction of sp³-hybridized carbons (Fsp3) is 0.273. The number of benzene rings is 1. The van der Waals surface area contributed by atoms with Crippen LogP contribution in [0.4, 0.5) is 10.5 Å². The Labute approximate surface area is 117 Å². The highest BCUT2D eigenvalue weighted by atomic mass is 32.2. The van der Waals surface area contributed by atoms with Crippen LogP contribution >= 0.6 is 0 Å². The van der Waals surface area contributed by atoms with E-state index in [1.54, 1.807) is 23.8 Å². The number of carbonyl (C=O) groups excluding carboxylic acids is 1. The summed E-state index contributed by atoms with van der Waals surface area (Å²) in [5.41, 5.74) is 5.81. The molecule has 1 amide bonds. The number of para-hydroxylation sites is 1. The van der Waals surface area contributed by atoms with E-state index in [2.05, 4.69) is 4.74 Å². The predicted octanol–water partition coefficient (Wildman–Crippen LogP) is 0.398. The van der Waals surface area contributed by atoms with Crippen LogP contribution in [0.2, 0.25) is 0 Å². The van der Waals surface area contributed by atoms with Gasteiger partial charge in [0.05, 0.1) is 12.3 Å². The maximum absolute atomic E-state index is 12.0. The molecule has 1 aromatic carbocycles. The fourth-order valence-electron chi connectivity index (χ4n) is 1.44. The minimum Gasteiger partial charge on any atom is -0.449 e. The number of anilines is 1. The second-order valence-corrected chi connectivity index (χ2v) is 5.43. The van der Waals surface area contributed by atoms with Gasteiger partial charge in [-0.15, -0.1) is 0 Å². The first-order chi connectivity index (χ1) is 9.29. The maximum Gasteiger partial charge on any atom is 0.422 e. The van der Waals surface area contributed by atoms with E-state index in [4.69, 9.17) is 11.1 Å². The Balaban J connectivity index is 3.08. The van der Waals surface area contributed by atoms with Crippen LogP contribution in [0.1, 0.15) is 12.5 Å². The molecule has 0 atom stereocenters. The number of amidine groups is 1. The molecule has 0 aliphatic rings. The van der Waals surface area contributed by atoms with Crippen molar-refractivity contribution < 1.29 is 17.9 Å². The number of nitrogens with two attached hydrogens (primary N) is 1. The van der Waals surface area contributed by atoms with Gasteiger partial charge in [0.15, 0.2) is 0 Å². The molecule has 1 aromatic rings. The Bertz CT molecular complexity index is 615. The summed E-state index contributed by atoms with van der Waals surface area (Å²) >= 11 is 0. The summed E-state index contributed by atoms with van der Waals surface area (Å²) in [5, 5.41) is 7.43. The van der Waals surface area contributed by atoms with Gasteiger partial charge < -0.3 is 10.5 Å². The molecular weight excluding hydrogens is 284 g/mol. The van der Waals surface area contributed by atoms with E-state index in [1.165, 1.54) is 19.2 Å². The molecule has 0 bridgehead atoms. The molecule has 0 aromatic heterocycles. The van der Waals surface area contributed by atoms with Gasteiger partial charge in [-0.1, -0.05) is 12.1 Å². The average molecular weight is 300 g/mol. The van der Waals surface area contributed by atoms with Gasteiger partial charge in [-0.25, -0.2) is 9.52 Å². The highest BCUT2D eigenvalue weighted by Crippen LogP contribution is 2.20. The van der Waals surface area contributed by atoms with Crippen LogP contribution in [0.3, 0.4) is 0 Å². The quantitative estimate of drug-likeness (QED) is 0.536. The van der Waals surface area contributed by atoms with Crippen molar-refractivity contribution in [1.29, 1.82) is 5.41 Å². The van der Waals surface area contributed by atoms with Gasteiger partial charge in [0.25, 0.3) is 0 Å². The van der Waals surface area contributed by atoms with Crippen molar-refractivity contribution in [3.8, 4) is 0 Å². The molecule has 0 spiro atoms. The number of hydrogen-bond acceptors (Lipinski definition) is 5. The minimum absolute atomic E-state index is 0.0507. The lowest BCUT2D eigenvalue weighted by atomic mass is 10.1. The number of nitrogens with one attached hydrogen (secondary N) is 2. The SMILES string of the molecule is CCOC(=O)NS(=O)(=O)N(C)c1ccccc1C(=N)N. The Morgan fingerprint density at radius 1 is 1.45 bits per heavy atom. The molecule has 0 fully saturated rings. The van der Waals surface area contributed by atoms with Crippen LogP contribution in [-0.4, -0.2) is 34.0 Å². The molecule has 0 radical (unpaired) electrons. The third-order valence-corrected chi connectivity index (χ3v) is 3.72. The van der Waals surface area contributed by atoms with Gasteiger partial charge in [-0.2, -0.15) is 8.42 Å². The number of carbonyl (C=O) groups is 1. The first-order valence-corrected chi connectivity index (χ1v) is 7.10. The van der Waals surface area contributed by atoms with Crippen molar-refractivity contribution >= 4 is 27.8 Å². The van der Waals surface area contributed by atoms with Crippen molar-refractivity contribution in [2.24, 2.45) is 5.73 Å². The van der Waals surface area contributed by atoms with Crippen LogP contribution in [0.25, 0.3) is 0 Å². The molecule has 0 saturated carbocycles. The van der Waals surface area contributed by atoms with Gasteiger partial charge >= 0.3 is 16.3 Å². The first-order valence-electron chi connectivity index (χ1n) is 5.66. The minimum atomic E-state index is -4.13. The largest absolute Gasteiger partial charge is 0.449 e. The number of nitrogen functional groups attached to an aromatic ring is 1. The Kier molecular flexibility index (Phi) is 4.92. The van der Waals surface area contributed by atoms with Crippen molar-refractivity contribution in [1.82, 2.24) is 4.72 Å². The molecule has 9 heteroatoms. The highest BCUT2D eigenvalue weighted by Gasteiger charge is 2.24. The van der Waals surface area contributed by atoms with E-state index >= 15 is 0 Å². The van der Waals surface area contributed by atoms with E-state index < -0.39 is 16.3 Å². The zero-order valence-electron chi connectivity index (χ0n) is 11.1. The second-order valence-electron chi connectivity index (χ2n) is 3.73. The summed E-state index contributed by atoms with van der Waals surface area (Å²) in [7, 11) is -2.89. The standard InChI is InChI=1S/C11H16N4O4S/c1-3-19-11(16)14-20(17,18)15(2)9-7-5-4-6-8(9)10(12)13/h4-7H,3H2,1-2H3,(H3,12,13)(H,14,16).